The molecule has 4 heteroatoms. The van der Waals surface area contributed by atoms with Gasteiger partial charge in [0.25, 0.3) is 0 Å². The van der Waals surface area contributed by atoms with Crippen LogP contribution in [0, 0.1) is 11.3 Å². The van der Waals surface area contributed by atoms with Gasteiger partial charge in [-0.05, 0) is 36.4 Å². The topological polar surface area (TPSA) is 68.3 Å². The van der Waals surface area contributed by atoms with Gasteiger partial charge in [0.2, 0.25) is 0 Å². The van der Waals surface area contributed by atoms with Crippen LogP contribution >= 0.6 is 0 Å². The van der Waals surface area contributed by atoms with Crippen LogP contribution in [-0.2, 0) is 0 Å². The summed E-state index contributed by atoms with van der Waals surface area (Å²) in [4.78, 5) is 0. The molecule has 0 aliphatic carbocycles. The highest BCUT2D eigenvalue weighted by atomic mass is 16.5. The van der Waals surface area contributed by atoms with E-state index in [1.807, 2.05) is 6.07 Å². The lowest BCUT2D eigenvalue weighted by Gasteiger charge is -2.11. The van der Waals surface area contributed by atoms with Crippen molar-refractivity contribution < 1.29 is 9.47 Å². The van der Waals surface area contributed by atoms with Gasteiger partial charge in [-0.2, -0.15) is 5.26 Å². The highest BCUT2D eigenvalue weighted by Gasteiger charge is 2.07. The molecule has 2 rings (SSSR count). The summed E-state index contributed by atoms with van der Waals surface area (Å²) in [5.74, 6) is 1.72. The fourth-order valence-corrected chi connectivity index (χ4v) is 1.52. The van der Waals surface area contributed by atoms with Crippen LogP contribution in [-0.4, -0.2) is 7.11 Å². The monoisotopic (exact) mass is 240 g/mol. The quantitative estimate of drug-likeness (QED) is 0.837. The summed E-state index contributed by atoms with van der Waals surface area (Å²) in [7, 11) is 1.55. The number of hydrogen-bond acceptors (Lipinski definition) is 4. The number of ether oxygens (including phenoxy) is 2. The van der Waals surface area contributed by atoms with E-state index in [1.54, 1.807) is 49.6 Å². The lowest BCUT2D eigenvalue weighted by atomic mass is 10.2. The normalized spacial score (nSPS) is 9.56. The number of para-hydroxylation sites is 1. The van der Waals surface area contributed by atoms with E-state index in [4.69, 9.17) is 20.5 Å². The average molecular weight is 240 g/mol. The second-order valence-electron chi connectivity index (χ2n) is 3.61. The molecule has 4 nitrogen and oxygen atoms in total. The van der Waals surface area contributed by atoms with Gasteiger partial charge in [-0.15, -0.1) is 0 Å². The van der Waals surface area contributed by atoms with Crippen LogP contribution in [0.1, 0.15) is 5.56 Å². The minimum Gasteiger partial charge on any atom is -0.494 e. The van der Waals surface area contributed by atoms with Crippen LogP contribution in [0.25, 0.3) is 0 Å². The van der Waals surface area contributed by atoms with Crippen LogP contribution in [0.4, 0.5) is 5.69 Å². The minimum atomic E-state index is 0.448. The molecule has 2 aromatic carbocycles. The Bertz CT molecular complexity index is 586. The highest BCUT2D eigenvalue weighted by molar-refractivity contribution is 5.63. The Kier molecular flexibility index (Phi) is 3.35. The largest absolute Gasteiger partial charge is 0.494 e. The van der Waals surface area contributed by atoms with Crippen molar-refractivity contribution in [2.45, 2.75) is 0 Å². The molecular formula is C14H12N2O2. The van der Waals surface area contributed by atoms with Gasteiger partial charge in [-0.3, -0.25) is 0 Å². The highest BCUT2D eigenvalue weighted by Crippen LogP contribution is 2.34. The third-order valence-corrected chi connectivity index (χ3v) is 2.46. The predicted octanol–water partition coefficient (Wildman–Crippen LogP) is 2.94. The molecule has 0 saturated heterocycles. The third kappa shape index (κ3) is 2.36. The van der Waals surface area contributed by atoms with Gasteiger partial charge in [-0.1, -0.05) is 6.07 Å². The van der Waals surface area contributed by atoms with Gasteiger partial charge in [0.1, 0.15) is 17.2 Å². The van der Waals surface area contributed by atoms with E-state index in [0.29, 0.717) is 28.5 Å². The van der Waals surface area contributed by atoms with Crippen LogP contribution in [0.2, 0.25) is 0 Å². The van der Waals surface area contributed by atoms with Gasteiger partial charge in [0.05, 0.1) is 18.7 Å². The summed E-state index contributed by atoms with van der Waals surface area (Å²) in [6, 6.07) is 14.2. The van der Waals surface area contributed by atoms with Gasteiger partial charge < -0.3 is 15.2 Å². The SMILES string of the molecule is COc1cccc(Oc2ccc(C#N)cc2)c1N. The van der Waals surface area contributed by atoms with E-state index in [0.717, 1.165) is 0 Å². The molecule has 90 valence electrons. The zero-order chi connectivity index (χ0) is 13.0. The predicted molar refractivity (Wildman–Crippen MR) is 68.6 cm³/mol. The first kappa shape index (κ1) is 11.8. The van der Waals surface area contributed by atoms with E-state index in [9.17, 15) is 0 Å². The van der Waals surface area contributed by atoms with E-state index < -0.39 is 0 Å². The summed E-state index contributed by atoms with van der Waals surface area (Å²) in [6.45, 7) is 0. The number of benzene rings is 2. The number of methoxy groups -OCH3 is 1. The van der Waals surface area contributed by atoms with Crippen LogP contribution in [0.3, 0.4) is 0 Å². The third-order valence-electron chi connectivity index (χ3n) is 2.46. The zero-order valence-corrected chi connectivity index (χ0v) is 9.88. The number of anilines is 1. The minimum absolute atomic E-state index is 0.448. The lowest BCUT2D eigenvalue weighted by Crippen LogP contribution is -1.95. The standard InChI is InChI=1S/C14H12N2O2/c1-17-12-3-2-4-13(14(12)16)18-11-7-5-10(9-15)6-8-11/h2-8H,16H2,1H3. The fraction of sp³-hybridized carbons (Fsp3) is 0.0714. The molecule has 2 N–H and O–H groups in total. The van der Waals surface area contributed by atoms with Crippen molar-refractivity contribution in [1.82, 2.24) is 0 Å². The maximum Gasteiger partial charge on any atom is 0.154 e. The number of nitrogens with two attached hydrogens (primary N) is 1. The molecule has 0 heterocycles. The van der Waals surface area contributed by atoms with Crippen molar-refractivity contribution in [3.63, 3.8) is 0 Å². The first-order valence-corrected chi connectivity index (χ1v) is 5.35. The molecule has 0 aromatic heterocycles. The summed E-state index contributed by atoms with van der Waals surface area (Å²) >= 11 is 0. The molecule has 0 amide bonds. The Balaban J connectivity index is 2.26. The summed E-state index contributed by atoms with van der Waals surface area (Å²) in [5.41, 5.74) is 6.93. The number of rotatable bonds is 3. The summed E-state index contributed by atoms with van der Waals surface area (Å²) in [5, 5.41) is 8.70. The molecule has 0 fully saturated rings. The second kappa shape index (κ2) is 5.11. The van der Waals surface area contributed by atoms with Crippen molar-refractivity contribution in [3.8, 4) is 23.3 Å². The van der Waals surface area contributed by atoms with E-state index >= 15 is 0 Å². The number of nitrogen functional groups attached to an aromatic ring is 1. The molecule has 18 heavy (non-hydrogen) atoms. The summed E-state index contributed by atoms with van der Waals surface area (Å²) in [6.07, 6.45) is 0. The maximum absolute atomic E-state index is 8.70. The van der Waals surface area contributed by atoms with Crippen molar-refractivity contribution >= 4 is 5.69 Å². The molecule has 0 spiro atoms. The van der Waals surface area contributed by atoms with Gasteiger partial charge >= 0.3 is 0 Å². The number of nitriles is 1. The van der Waals surface area contributed by atoms with Gasteiger partial charge in [0, 0.05) is 0 Å². The molecule has 0 unspecified atom stereocenters. The smallest absolute Gasteiger partial charge is 0.154 e. The molecule has 0 saturated carbocycles. The molecular weight excluding hydrogens is 228 g/mol. The van der Waals surface area contributed by atoms with Crippen LogP contribution < -0.4 is 15.2 Å². The van der Waals surface area contributed by atoms with E-state index in [1.165, 1.54) is 0 Å². The Hall–Kier alpha value is -2.67. The van der Waals surface area contributed by atoms with E-state index in [2.05, 4.69) is 0 Å². The maximum atomic E-state index is 8.70. The Morgan fingerprint density at radius 3 is 2.33 bits per heavy atom. The molecule has 0 aliphatic heterocycles. The van der Waals surface area contributed by atoms with Crippen molar-refractivity contribution in [1.29, 1.82) is 5.26 Å². The van der Waals surface area contributed by atoms with Crippen molar-refractivity contribution in [3.05, 3.63) is 48.0 Å². The van der Waals surface area contributed by atoms with Gasteiger partial charge in [-0.25, -0.2) is 0 Å². The lowest BCUT2D eigenvalue weighted by molar-refractivity contribution is 0.412. The average Bonchev–Trinajstić information content (AvgIpc) is 2.42. The Labute approximate surface area is 105 Å². The molecule has 0 atom stereocenters. The summed E-state index contributed by atoms with van der Waals surface area (Å²) < 4.78 is 10.7. The number of hydrogen-bond donors (Lipinski definition) is 1. The van der Waals surface area contributed by atoms with E-state index in [-0.39, 0.29) is 0 Å². The van der Waals surface area contributed by atoms with Crippen LogP contribution in [0.15, 0.2) is 42.5 Å². The van der Waals surface area contributed by atoms with Crippen molar-refractivity contribution in [2.75, 3.05) is 12.8 Å². The Morgan fingerprint density at radius 2 is 1.72 bits per heavy atom. The first-order chi connectivity index (χ1) is 8.74. The van der Waals surface area contributed by atoms with Crippen molar-refractivity contribution in [2.24, 2.45) is 0 Å². The number of nitrogens with zero attached hydrogens (tertiary/aromatic N) is 1. The molecule has 0 aliphatic rings. The fourth-order valence-electron chi connectivity index (χ4n) is 1.52. The van der Waals surface area contributed by atoms with Gasteiger partial charge in [0.15, 0.2) is 5.75 Å². The first-order valence-electron chi connectivity index (χ1n) is 5.35. The molecule has 0 radical (unpaired) electrons. The van der Waals surface area contributed by atoms with Crippen LogP contribution in [0.5, 0.6) is 17.2 Å². The second-order valence-corrected chi connectivity index (χ2v) is 3.61. The molecule has 2 aromatic rings. The Morgan fingerprint density at radius 1 is 1.06 bits per heavy atom. The molecule has 0 bridgehead atoms. The zero-order valence-electron chi connectivity index (χ0n) is 9.88.